The fraction of sp³-hybridized carbons (Fsp3) is 0.294. The van der Waals surface area contributed by atoms with Crippen LogP contribution >= 0.6 is 0 Å². The highest BCUT2D eigenvalue weighted by molar-refractivity contribution is 5.88. The average molecular weight is 297 g/mol. The zero-order valence-corrected chi connectivity index (χ0v) is 12.6. The molecular weight excluding hydrogens is 278 g/mol. The number of aliphatic hydroxyl groups excluding tert-OH is 1. The first-order valence-electron chi connectivity index (χ1n) is 7.31. The van der Waals surface area contributed by atoms with E-state index < -0.39 is 6.10 Å². The number of rotatable bonds is 2. The van der Waals surface area contributed by atoms with E-state index >= 15 is 0 Å². The Bertz CT molecular complexity index is 695. The molecule has 1 aromatic heterocycles. The van der Waals surface area contributed by atoms with Crippen molar-refractivity contribution in [1.82, 2.24) is 10.3 Å². The van der Waals surface area contributed by atoms with Crippen LogP contribution in [0, 0.1) is 13.8 Å². The van der Waals surface area contributed by atoms with Crippen LogP contribution in [-0.4, -0.2) is 22.2 Å². The van der Waals surface area contributed by atoms with Crippen molar-refractivity contribution in [2.45, 2.75) is 32.4 Å². The van der Waals surface area contributed by atoms with Crippen molar-refractivity contribution in [2.75, 3.05) is 5.32 Å². The summed E-state index contributed by atoms with van der Waals surface area (Å²) in [6.45, 7) is 3.84. The minimum absolute atomic E-state index is 0.363. The number of nitrogens with zero attached hydrogens (tertiary/aromatic N) is 1. The summed E-state index contributed by atoms with van der Waals surface area (Å²) in [4.78, 5) is 16.5. The number of aryl methyl sites for hydroxylation is 2. The highest BCUT2D eigenvalue weighted by Gasteiger charge is 2.31. The van der Waals surface area contributed by atoms with Crippen LogP contribution in [0.4, 0.5) is 10.6 Å². The van der Waals surface area contributed by atoms with Gasteiger partial charge in [-0.1, -0.05) is 24.3 Å². The van der Waals surface area contributed by atoms with Crippen molar-refractivity contribution in [3.05, 3.63) is 58.8 Å². The Kier molecular flexibility index (Phi) is 3.81. The van der Waals surface area contributed by atoms with E-state index in [0.717, 1.165) is 22.4 Å². The second-order valence-corrected chi connectivity index (χ2v) is 5.72. The molecule has 0 spiro atoms. The minimum Gasteiger partial charge on any atom is -0.390 e. The van der Waals surface area contributed by atoms with Crippen LogP contribution in [-0.2, 0) is 6.42 Å². The molecule has 1 heterocycles. The molecule has 1 aromatic carbocycles. The Hall–Kier alpha value is -2.40. The van der Waals surface area contributed by atoms with Crippen LogP contribution in [0.5, 0.6) is 0 Å². The van der Waals surface area contributed by atoms with Crippen LogP contribution in [0.25, 0.3) is 0 Å². The van der Waals surface area contributed by atoms with Crippen LogP contribution in [0.1, 0.15) is 28.4 Å². The molecule has 1 aliphatic carbocycles. The van der Waals surface area contributed by atoms with Gasteiger partial charge in [-0.25, -0.2) is 9.78 Å². The zero-order valence-electron chi connectivity index (χ0n) is 12.6. The van der Waals surface area contributed by atoms with E-state index in [-0.39, 0.29) is 12.1 Å². The monoisotopic (exact) mass is 297 g/mol. The number of hydrogen-bond donors (Lipinski definition) is 3. The van der Waals surface area contributed by atoms with E-state index in [2.05, 4.69) is 15.6 Å². The van der Waals surface area contributed by atoms with E-state index in [4.69, 9.17) is 0 Å². The minimum atomic E-state index is -0.602. The number of hydrogen-bond acceptors (Lipinski definition) is 3. The molecule has 0 unspecified atom stereocenters. The summed E-state index contributed by atoms with van der Waals surface area (Å²) in [5, 5.41) is 15.7. The molecular formula is C17H19N3O2. The molecule has 5 heteroatoms. The molecule has 0 aliphatic heterocycles. The van der Waals surface area contributed by atoms with E-state index in [9.17, 15) is 9.90 Å². The Balaban J connectivity index is 1.72. The number of aliphatic hydroxyl groups is 1. The molecule has 0 fully saturated rings. The lowest BCUT2D eigenvalue weighted by Crippen LogP contribution is -2.37. The number of carbonyl (C=O) groups is 1. The average Bonchev–Trinajstić information content (AvgIpc) is 2.74. The lowest BCUT2D eigenvalue weighted by atomic mass is 10.1. The fourth-order valence-electron chi connectivity index (χ4n) is 2.95. The van der Waals surface area contributed by atoms with Gasteiger partial charge in [0, 0.05) is 12.1 Å². The SMILES string of the molecule is Cc1cc(C)nc(NC(=O)N[C@@H]2c3ccccc3C[C@@H]2O)c1. The number of aromatic nitrogens is 1. The van der Waals surface area contributed by atoms with Gasteiger partial charge in [0.05, 0.1) is 12.1 Å². The van der Waals surface area contributed by atoms with Gasteiger partial charge in [0.15, 0.2) is 0 Å². The smallest absolute Gasteiger partial charge is 0.320 e. The first-order valence-corrected chi connectivity index (χ1v) is 7.31. The van der Waals surface area contributed by atoms with E-state index in [0.29, 0.717) is 12.2 Å². The Morgan fingerprint density at radius 3 is 2.82 bits per heavy atom. The highest BCUT2D eigenvalue weighted by atomic mass is 16.3. The molecule has 1 aliphatic rings. The normalized spacial score (nSPS) is 19.6. The van der Waals surface area contributed by atoms with Crippen molar-refractivity contribution in [2.24, 2.45) is 0 Å². The molecule has 114 valence electrons. The Morgan fingerprint density at radius 2 is 2.05 bits per heavy atom. The zero-order chi connectivity index (χ0) is 15.7. The van der Waals surface area contributed by atoms with Crippen LogP contribution in [0.3, 0.4) is 0 Å². The van der Waals surface area contributed by atoms with E-state index in [1.54, 1.807) is 0 Å². The van der Waals surface area contributed by atoms with Gasteiger partial charge < -0.3 is 10.4 Å². The molecule has 2 atom stereocenters. The maximum Gasteiger partial charge on any atom is 0.320 e. The Morgan fingerprint density at radius 1 is 1.27 bits per heavy atom. The molecule has 2 amide bonds. The van der Waals surface area contributed by atoms with Gasteiger partial charge in [0.1, 0.15) is 5.82 Å². The standard InChI is InChI=1S/C17H19N3O2/c1-10-7-11(2)18-15(8-10)19-17(22)20-16-13-6-4-3-5-12(13)9-14(16)21/h3-8,14,16,21H,9H2,1-2H3,(H2,18,19,20,22)/t14-,16+/m0/s1. The first-order chi connectivity index (χ1) is 10.5. The third kappa shape index (κ3) is 2.94. The van der Waals surface area contributed by atoms with Crippen LogP contribution in [0.2, 0.25) is 0 Å². The fourth-order valence-corrected chi connectivity index (χ4v) is 2.95. The molecule has 0 bridgehead atoms. The van der Waals surface area contributed by atoms with Crippen molar-refractivity contribution in [3.63, 3.8) is 0 Å². The quantitative estimate of drug-likeness (QED) is 0.797. The van der Waals surface area contributed by atoms with Gasteiger partial charge in [-0.3, -0.25) is 5.32 Å². The van der Waals surface area contributed by atoms with Crippen LogP contribution in [0.15, 0.2) is 36.4 Å². The number of benzene rings is 1. The summed E-state index contributed by atoms with van der Waals surface area (Å²) in [6, 6.07) is 10.8. The molecule has 0 saturated carbocycles. The molecule has 3 rings (SSSR count). The summed E-state index contributed by atoms with van der Waals surface area (Å²) < 4.78 is 0. The van der Waals surface area contributed by atoms with Gasteiger partial charge in [-0.15, -0.1) is 0 Å². The molecule has 0 radical (unpaired) electrons. The number of carbonyl (C=O) groups excluding carboxylic acids is 1. The second kappa shape index (κ2) is 5.77. The summed E-state index contributed by atoms with van der Waals surface area (Å²) >= 11 is 0. The molecule has 5 nitrogen and oxygen atoms in total. The number of amides is 2. The number of nitrogens with one attached hydrogen (secondary N) is 2. The summed E-state index contributed by atoms with van der Waals surface area (Å²) in [6.07, 6.45) is -0.0431. The third-order valence-corrected chi connectivity index (χ3v) is 3.83. The van der Waals surface area contributed by atoms with Gasteiger partial charge in [0.25, 0.3) is 0 Å². The third-order valence-electron chi connectivity index (χ3n) is 3.83. The molecule has 0 saturated heterocycles. The summed E-state index contributed by atoms with van der Waals surface area (Å²) in [5.41, 5.74) is 3.93. The number of urea groups is 1. The maximum absolute atomic E-state index is 12.2. The second-order valence-electron chi connectivity index (χ2n) is 5.72. The number of fused-ring (bicyclic) bond motifs is 1. The lowest BCUT2D eigenvalue weighted by molar-refractivity contribution is 0.144. The lowest BCUT2D eigenvalue weighted by Gasteiger charge is -2.18. The summed E-state index contributed by atoms with van der Waals surface area (Å²) in [5.74, 6) is 0.510. The first kappa shape index (κ1) is 14.5. The van der Waals surface area contributed by atoms with Crippen molar-refractivity contribution in [1.29, 1.82) is 0 Å². The predicted molar refractivity (Wildman–Crippen MR) is 84.8 cm³/mol. The van der Waals surface area contributed by atoms with Crippen molar-refractivity contribution >= 4 is 11.8 Å². The van der Waals surface area contributed by atoms with Crippen molar-refractivity contribution in [3.8, 4) is 0 Å². The van der Waals surface area contributed by atoms with Crippen molar-refractivity contribution < 1.29 is 9.90 Å². The van der Waals surface area contributed by atoms with Crippen LogP contribution < -0.4 is 10.6 Å². The molecule has 2 aromatic rings. The molecule has 22 heavy (non-hydrogen) atoms. The largest absolute Gasteiger partial charge is 0.390 e. The highest BCUT2D eigenvalue weighted by Crippen LogP contribution is 2.31. The van der Waals surface area contributed by atoms with E-state index in [1.807, 2.05) is 50.2 Å². The summed E-state index contributed by atoms with van der Waals surface area (Å²) in [7, 11) is 0. The van der Waals surface area contributed by atoms with E-state index in [1.165, 1.54) is 0 Å². The number of anilines is 1. The molecule has 3 N–H and O–H groups in total. The predicted octanol–water partition coefficient (Wildman–Crippen LogP) is 2.48. The Labute approximate surface area is 129 Å². The van der Waals surface area contributed by atoms with Gasteiger partial charge in [-0.05, 0) is 42.7 Å². The maximum atomic E-state index is 12.2. The van der Waals surface area contributed by atoms with Gasteiger partial charge >= 0.3 is 6.03 Å². The topological polar surface area (TPSA) is 74.2 Å². The van der Waals surface area contributed by atoms with Gasteiger partial charge in [-0.2, -0.15) is 0 Å². The van der Waals surface area contributed by atoms with Gasteiger partial charge in [0.2, 0.25) is 0 Å². The number of pyridine rings is 1.